The van der Waals surface area contributed by atoms with Gasteiger partial charge in [0.25, 0.3) is 0 Å². The number of phosphoric ester groups is 2. The number of aliphatic hydroxyl groups is 1. The lowest BCUT2D eigenvalue weighted by atomic mass is 10.0. The van der Waals surface area contributed by atoms with E-state index in [1.54, 1.807) is 0 Å². The van der Waals surface area contributed by atoms with Gasteiger partial charge in [0.05, 0.1) is 26.4 Å². The molecule has 0 spiro atoms. The van der Waals surface area contributed by atoms with E-state index in [-0.39, 0.29) is 25.7 Å². The van der Waals surface area contributed by atoms with Crippen molar-refractivity contribution in [2.45, 2.75) is 380 Å². The van der Waals surface area contributed by atoms with Crippen LogP contribution in [0.15, 0.2) is 109 Å². The zero-order valence-corrected chi connectivity index (χ0v) is 68.9. The second-order valence-corrected chi connectivity index (χ2v) is 30.9. The van der Waals surface area contributed by atoms with Gasteiger partial charge in [-0.1, -0.05) is 336 Å². The number of hydrogen-bond acceptors (Lipinski definition) is 15. The van der Waals surface area contributed by atoms with Gasteiger partial charge in [0.2, 0.25) is 0 Å². The highest BCUT2D eigenvalue weighted by molar-refractivity contribution is 7.47. The van der Waals surface area contributed by atoms with Crippen LogP contribution in [0.25, 0.3) is 0 Å². The summed E-state index contributed by atoms with van der Waals surface area (Å²) in [5.74, 6) is -2.21. The van der Waals surface area contributed by atoms with E-state index >= 15 is 0 Å². The van der Waals surface area contributed by atoms with Gasteiger partial charge in [-0.05, 0) is 109 Å². The molecule has 17 nitrogen and oxygen atoms in total. The van der Waals surface area contributed by atoms with E-state index in [4.69, 9.17) is 37.0 Å². The maximum Gasteiger partial charge on any atom is 0.472 e. The van der Waals surface area contributed by atoms with Crippen LogP contribution in [-0.4, -0.2) is 96.7 Å². The first-order valence-corrected chi connectivity index (χ1v) is 45.1. The molecule has 5 atom stereocenters. The number of hydrogen-bond donors (Lipinski definition) is 3. The van der Waals surface area contributed by atoms with Crippen LogP contribution < -0.4 is 0 Å². The van der Waals surface area contributed by atoms with Crippen LogP contribution in [-0.2, 0) is 65.4 Å². The van der Waals surface area contributed by atoms with Crippen molar-refractivity contribution in [2.24, 2.45) is 0 Å². The molecule has 0 amide bonds. The molecule has 0 heterocycles. The number of esters is 4. The molecule has 5 unspecified atom stereocenters. The quantitative estimate of drug-likeness (QED) is 0.0169. The van der Waals surface area contributed by atoms with Crippen molar-refractivity contribution in [3.05, 3.63) is 109 Å². The Balaban J connectivity index is 5.40. The second kappa shape index (κ2) is 78.8. The number of phosphoric acid groups is 2. The molecule has 19 heteroatoms. The van der Waals surface area contributed by atoms with E-state index in [0.29, 0.717) is 25.7 Å². The third-order valence-electron chi connectivity index (χ3n) is 17.8. The Labute approximate surface area is 645 Å². The Kier molecular flexibility index (Phi) is 75.6. The van der Waals surface area contributed by atoms with E-state index in [0.717, 1.165) is 148 Å². The number of rotatable bonds is 79. The lowest BCUT2D eigenvalue weighted by Gasteiger charge is -2.21. The summed E-state index contributed by atoms with van der Waals surface area (Å²) in [6.45, 7) is 4.65. The number of aliphatic hydroxyl groups excluding tert-OH is 1. The first kappa shape index (κ1) is 102. The van der Waals surface area contributed by atoms with Crippen molar-refractivity contribution in [1.82, 2.24) is 0 Å². The van der Waals surface area contributed by atoms with E-state index in [1.807, 2.05) is 0 Å². The van der Waals surface area contributed by atoms with Gasteiger partial charge in [-0.15, -0.1) is 0 Å². The Morgan fingerprint density at radius 3 is 0.764 bits per heavy atom. The maximum absolute atomic E-state index is 13.1. The highest BCUT2D eigenvalue weighted by Gasteiger charge is 2.30. The molecule has 0 rings (SSSR count). The number of carbonyl (C=O) groups is 4. The molecule has 0 radical (unpaired) electrons. The monoisotopic (exact) mass is 1530 g/mol. The van der Waals surface area contributed by atoms with Crippen LogP contribution in [0.2, 0.25) is 0 Å². The fourth-order valence-electron chi connectivity index (χ4n) is 11.4. The van der Waals surface area contributed by atoms with Crippen molar-refractivity contribution < 1.29 is 80.2 Å². The Hall–Kier alpha value is -4.28. The van der Waals surface area contributed by atoms with Crippen molar-refractivity contribution in [3.8, 4) is 0 Å². The second-order valence-electron chi connectivity index (χ2n) is 28.0. The summed E-state index contributed by atoms with van der Waals surface area (Å²) in [5, 5.41) is 10.7. The molecule has 0 saturated carbocycles. The summed E-state index contributed by atoms with van der Waals surface area (Å²) in [4.78, 5) is 73.2. The highest BCUT2D eigenvalue weighted by atomic mass is 31.2. The number of unbranched alkanes of at least 4 members (excludes halogenated alkanes) is 35. The number of carbonyl (C=O) groups excluding carboxylic acids is 4. The van der Waals surface area contributed by atoms with Crippen LogP contribution in [0.1, 0.15) is 362 Å². The normalized spacial score (nSPS) is 14.4. The Bertz CT molecular complexity index is 2430. The zero-order valence-electron chi connectivity index (χ0n) is 67.1. The fraction of sp³-hybridized carbons (Fsp3) is 0.747. The molecular weight excluding hydrogens is 1380 g/mol. The van der Waals surface area contributed by atoms with E-state index in [9.17, 15) is 43.2 Å². The van der Waals surface area contributed by atoms with Crippen molar-refractivity contribution in [1.29, 1.82) is 0 Å². The minimum Gasteiger partial charge on any atom is -0.462 e. The third-order valence-corrected chi connectivity index (χ3v) is 19.7. The summed E-state index contributed by atoms with van der Waals surface area (Å²) in [6, 6.07) is 0. The van der Waals surface area contributed by atoms with Gasteiger partial charge in [-0.2, -0.15) is 0 Å². The van der Waals surface area contributed by atoms with Crippen molar-refractivity contribution >= 4 is 39.5 Å². The SMILES string of the molecule is CC/C=C\C/C=C\C/C=C\C/C=C\C/C=C\CCCCCC(=O)OCC(COP(=O)(O)OCC(O)COP(=O)(O)OCC(COC(=O)CCCCCCCCCCCCCCCCC)OC(=O)CCCCCCCCCCCCCCCCC)OC(=O)CCCCCC/C=C\C/C=C\C/C=C\C/C=C\CC. The van der Waals surface area contributed by atoms with Gasteiger partial charge >= 0.3 is 39.5 Å². The molecule has 106 heavy (non-hydrogen) atoms. The lowest BCUT2D eigenvalue weighted by molar-refractivity contribution is -0.161. The maximum atomic E-state index is 13.1. The van der Waals surface area contributed by atoms with Gasteiger partial charge in [-0.25, -0.2) is 9.13 Å². The topological polar surface area (TPSA) is 237 Å². The minimum absolute atomic E-state index is 0.0582. The van der Waals surface area contributed by atoms with Crippen LogP contribution in [0.4, 0.5) is 0 Å². The number of ether oxygens (including phenoxy) is 4. The largest absolute Gasteiger partial charge is 0.472 e. The molecular formula is C87H152O17P2. The lowest BCUT2D eigenvalue weighted by Crippen LogP contribution is -2.30. The summed E-state index contributed by atoms with van der Waals surface area (Å²) >= 11 is 0. The Morgan fingerprint density at radius 1 is 0.274 bits per heavy atom. The molecule has 0 aromatic rings. The fourth-order valence-corrected chi connectivity index (χ4v) is 13.0. The summed E-state index contributed by atoms with van der Waals surface area (Å²) in [6.07, 6.45) is 86.2. The van der Waals surface area contributed by atoms with Crippen molar-refractivity contribution in [3.63, 3.8) is 0 Å². The zero-order chi connectivity index (χ0) is 77.4. The smallest absolute Gasteiger partial charge is 0.462 e. The predicted molar refractivity (Wildman–Crippen MR) is 436 cm³/mol. The van der Waals surface area contributed by atoms with Crippen LogP contribution in [0.5, 0.6) is 0 Å². The van der Waals surface area contributed by atoms with Gasteiger partial charge < -0.3 is 33.8 Å². The highest BCUT2D eigenvalue weighted by Crippen LogP contribution is 2.45. The molecule has 0 aliphatic rings. The standard InChI is InChI=1S/C87H152O17P2/c1-5-9-13-17-21-25-29-33-37-39-40-42-45-48-52-56-60-64-68-72-85(90)98-78-83(104-87(92)74-70-66-62-58-54-50-46-41-38-34-30-26-22-18-14-10-6-2)80-102-106(95,96)100-76-81(88)75-99-105(93,94)101-79-82(103-86(91)73-69-65-61-57-53-49-44-36-32-28-24-20-16-12-8-4)77-97-84(89)71-67-63-59-55-51-47-43-35-31-27-23-19-15-11-7-3/h9-10,13-14,21-22,25-26,33-34,37-38,40,42,46,48,50,52,81-83,88H,5-8,11-12,15-20,23-24,27-32,35-36,39,41,43-45,47,49,51,53-80H2,1-4H3,(H,93,94)(H,95,96)/b13-9-,14-10-,25-21-,26-22-,37-33-,38-34-,42-40-,50-46-,52-48-. The first-order valence-electron chi connectivity index (χ1n) is 42.1. The van der Waals surface area contributed by atoms with E-state index < -0.39 is 97.5 Å². The average Bonchev–Trinajstić information content (AvgIpc) is 0.902. The van der Waals surface area contributed by atoms with Gasteiger partial charge in [-0.3, -0.25) is 37.3 Å². The average molecular weight is 1530 g/mol. The summed E-state index contributed by atoms with van der Waals surface area (Å²) in [5.41, 5.74) is 0. The number of allylic oxidation sites excluding steroid dienone is 18. The van der Waals surface area contributed by atoms with E-state index in [2.05, 4.69) is 137 Å². The molecule has 0 aliphatic heterocycles. The molecule has 3 N–H and O–H groups in total. The molecule has 0 aliphatic carbocycles. The Morgan fingerprint density at radius 2 is 0.491 bits per heavy atom. The molecule has 0 fully saturated rings. The molecule has 0 bridgehead atoms. The molecule has 0 aromatic heterocycles. The summed E-state index contributed by atoms with van der Waals surface area (Å²) < 4.78 is 68.7. The minimum atomic E-state index is -4.99. The van der Waals surface area contributed by atoms with E-state index in [1.165, 1.54) is 135 Å². The van der Waals surface area contributed by atoms with Crippen molar-refractivity contribution in [2.75, 3.05) is 39.6 Å². The van der Waals surface area contributed by atoms with Crippen LogP contribution >= 0.6 is 15.6 Å². The first-order chi connectivity index (χ1) is 51.7. The predicted octanol–water partition coefficient (Wildman–Crippen LogP) is 24.9. The van der Waals surface area contributed by atoms with Gasteiger partial charge in [0.15, 0.2) is 12.2 Å². The van der Waals surface area contributed by atoms with Crippen LogP contribution in [0.3, 0.4) is 0 Å². The summed E-state index contributed by atoms with van der Waals surface area (Å²) in [7, 11) is -9.97. The van der Waals surface area contributed by atoms with Crippen LogP contribution in [0, 0.1) is 0 Å². The molecule has 612 valence electrons. The third kappa shape index (κ3) is 77.9. The van der Waals surface area contributed by atoms with Gasteiger partial charge in [0.1, 0.15) is 19.3 Å². The molecule has 0 aromatic carbocycles. The van der Waals surface area contributed by atoms with Gasteiger partial charge in [0, 0.05) is 25.7 Å². The molecule has 0 saturated heterocycles.